The van der Waals surface area contributed by atoms with E-state index in [-0.39, 0.29) is 6.04 Å². The average Bonchev–Trinajstić information content (AvgIpc) is 2.38. The number of nitrogens with zero attached hydrogens (tertiary/aromatic N) is 3. The zero-order chi connectivity index (χ0) is 14.5. The maximum absolute atomic E-state index is 12.4. The lowest BCUT2D eigenvalue weighted by molar-refractivity contribution is -0.141. The van der Waals surface area contributed by atoms with Crippen molar-refractivity contribution in [3.05, 3.63) is 17.8 Å². The fourth-order valence-electron chi connectivity index (χ4n) is 1.98. The van der Waals surface area contributed by atoms with E-state index >= 15 is 0 Å². The summed E-state index contributed by atoms with van der Waals surface area (Å²) >= 11 is 0. The summed E-state index contributed by atoms with van der Waals surface area (Å²) in [5.74, 6) is 0.437. The Bertz CT molecular complexity index is 374. The van der Waals surface area contributed by atoms with Crippen LogP contribution in [0, 0.1) is 0 Å². The maximum Gasteiger partial charge on any atom is 0.435 e. The van der Waals surface area contributed by atoms with Gasteiger partial charge in [0.15, 0.2) is 11.5 Å². The fourth-order valence-corrected chi connectivity index (χ4v) is 1.98. The summed E-state index contributed by atoms with van der Waals surface area (Å²) < 4.78 is 37.3. The van der Waals surface area contributed by atoms with Crippen LogP contribution in [0.3, 0.4) is 0 Å². The molecular formula is C12H19F3N4. The minimum Gasteiger partial charge on any atom is -0.351 e. The van der Waals surface area contributed by atoms with Crippen LogP contribution in [0.15, 0.2) is 12.1 Å². The number of rotatable bonds is 6. The van der Waals surface area contributed by atoms with Gasteiger partial charge in [0, 0.05) is 19.1 Å². The third-order valence-corrected chi connectivity index (χ3v) is 2.99. The molecule has 4 nitrogen and oxygen atoms in total. The molecule has 0 amide bonds. The minimum atomic E-state index is -4.46. The SMILES string of the molecule is CCC(CC)N(CCN)c1ccc(C(F)(F)F)nn1. The molecule has 0 atom stereocenters. The smallest absolute Gasteiger partial charge is 0.351 e. The van der Waals surface area contributed by atoms with Crippen LogP contribution in [0.5, 0.6) is 0 Å². The molecule has 0 aliphatic rings. The van der Waals surface area contributed by atoms with Crippen LogP contribution in [-0.4, -0.2) is 29.3 Å². The Balaban J connectivity index is 2.97. The summed E-state index contributed by atoms with van der Waals surface area (Å²) in [6.45, 7) is 5.01. The van der Waals surface area contributed by atoms with E-state index in [0.29, 0.717) is 18.9 Å². The molecule has 0 bridgehead atoms. The third kappa shape index (κ3) is 4.05. The molecule has 1 aromatic rings. The molecule has 0 saturated heterocycles. The summed E-state index contributed by atoms with van der Waals surface area (Å²) in [7, 11) is 0. The van der Waals surface area contributed by atoms with Gasteiger partial charge in [-0.15, -0.1) is 10.2 Å². The molecule has 0 aliphatic carbocycles. The highest BCUT2D eigenvalue weighted by Gasteiger charge is 2.33. The first-order valence-electron chi connectivity index (χ1n) is 6.31. The van der Waals surface area contributed by atoms with Gasteiger partial charge in [-0.2, -0.15) is 13.2 Å². The monoisotopic (exact) mass is 276 g/mol. The number of aromatic nitrogens is 2. The lowest BCUT2D eigenvalue weighted by Gasteiger charge is -2.30. The topological polar surface area (TPSA) is 55.0 Å². The summed E-state index contributed by atoms with van der Waals surface area (Å²) in [4.78, 5) is 1.91. The Morgan fingerprint density at radius 3 is 2.21 bits per heavy atom. The van der Waals surface area contributed by atoms with E-state index in [0.717, 1.165) is 18.9 Å². The standard InChI is InChI=1S/C12H19F3N4/c1-3-9(4-2)19(8-7-16)11-6-5-10(17-18-11)12(13,14)15/h5-6,9H,3-4,7-8,16H2,1-2H3. The molecule has 7 heteroatoms. The molecule has 1 heterocycles. The van der Waals surface area contributed by atoms with Crippen LogP contribution in [0.2, 0.25) is 0 Å². The second kappa shape index (κ2) is 6.70. The molecule has 0 radical (unpaired) electrons. The van der Waals surface area contributed by atoms with Gasteiger partial charge in [0.05, 0.1) is 0 Å². The van der Waals surface area contributed by atoms with Crippen molar-refractivity contribution in [3.8, 4) is 0 Å². The molecule has 0 aromatic carbocycles. The first-order valence-corrected chi connectivity index (χ1v) is 6.31. The van der Waals surface area contributed by atoms with E-state index in [2.05, 4.69) is 10.2 Å². The van der Waals surface area contributed by atoms with Gasteiger partial charge in [-0.1, -0.05) is 13.8 Å². The van der Waals surface area contributed by atoms with Gasteiger partial charge in [0.1, 0.15) is 0 Å². The third-order valence-electron chi connectivity index (χ3n) is 2.99. The van der Waals surface area contributed by atoms with Crippen molar-refractivity contribution in [3.63, 3.8) is 0 Å². The highest BCUT2D eigenvalue weighted by atomic mass is 19.4. The molecule has 2 N–H and O–H groups in total. The second-order valence-electron chi connectivity index (χ2n) is 4.23. The van der Waals surface area contributed by atoms with Crippen LogP contribution in [-0.2, 0) is 6.18 Å². The van der Waals surface area contributed by atoms with E-state index in [1.54, 1.807) is 0 Å². The van der Waals surface area contributed by atoms with Crippen molar-refractivity contribution in [1.82, 2.24) is 10.2 Å². The Kier molecular flexibility index (Phi) is 5.53. The van der Waals surface area contributed by atoms with Crippen LogP contribution in [0.25, 0.3) is 0 Å². The Morgan fingerprint density at radius 1 is 1.21 bits per heavy atom. The zero-order valence-electron chi connectivity index (χ0n) is 11.1. The molecule has 1 aromatic heterocycles. The highest BCUT2D eigenvalue weighted by molar-refractivity contribution is 5.39. The van der Waals surface area contributed by atoms with Crippen molar-refractivity contribution in [2.24, 2.45) is 5.73 Å². The number of halogens is 3. The van der Waals surface area contributed by atoms with E-state index in [1.165, 1.54) is 6.07 Å². The predicted molar refractivity (Wildman–Crippen MR) is 67.8 cm³/mol. The first kappa shape index (κ1) is 15.7. The van der Waals surface area contributed by atoms with Gasteiger partial charge in [0.25, 0.3) is 0 Å². The molecule has 0 fully saturated rings. The van der Waals surface area contributed by atoms with Crippen molar-refractivity contribution in [2.45, 2.75) is 38.9 Å². The summed E-state index contributed by atoms with van der Waals surface area (Å²) in [6.07, 6.45) is -2.71. The number of hydrogen-bond donors (Lipinski definition) is 1. The Hall–Kier alpha value is -1.37. The molecule has 0 spiro atoms. The van der Waals surface area contributed by atoms with Crippen LogP contribution >= 0.6 is 0 Å². The average molecular weight is 276 g/mol. The number of nitrogens with two attached hydrogens (primary N) is 1. The van der Waals surface area contributed by atoms with Crippen molar-refractivity contribution in [2.75, 3.05) is 18.0 Å². The maximum atomic E-state index is 12.4. The number of anilines is 1. The van der Waals surface area contributed by atoms with Gasteiger partial charge < -0.3 is 10.6 Å². The molecule has 0 saturated carbocycles. The lowest BCUT2D eigenvalue weighted by atomic mass is 10.1. The summed E-state index contributed by atoms with van der Waals surface area (Å²) in [5.41, 5.74) is 4.57. The van der Waals surface area contributed by atoms with Crippen molar-refractivity contribution < 1.29 is 13.2 Å². The van der Waals surface area contributed by atoms with Gasteiger partial charge in [-0.3, -0.25) is 0 Å². The number of hydrogen-bond acceptors (Lipinski definition) is 4. The molecule has 108 valence electrons. The normalized spacial score (nSPS) is 11.9. The number of alkyl halides is 3. The van der Waals surface area contributed by atoms with Crippen LogP contribution in [0.1, 0.15) is 32.4 Å². The molecule has 0 unspecified atom stereocenters. The molecular weight excluding hydrogens is 257 g/mol. The largest absolute Gasteiger partial charge is 0.435 e. The van der Waals surface area contributed by atoms with Crippen molar-refractivity contribution >= 4 is 5.82 Å². The van der Waals surface area contributed by atoms with E-state index < -0.39 is 11.9 Å². The van der Waals surface area contributed by atoms with Gasteiger partial charge >= 0.3 is 6.18 Å². The second-order valence-corrected chi connectivity index (χ2v) is 4.23. The van der Waals surface area contributed by atoms with E-state index in [9.17, 15) is 13.2 Å². The highest BCUT2D eigenvalue weighted by Crippen LogP contribution is 2.28. The van der Waals surface area contributed by atoms with Crippen LogP contribution in [0.4, 0.5) is 19.0 Å². The quantitative estimate of drug-likeness (QED) is 0.867. The molecule has 0 aliphatic heterocycles. The van der Waals surface area contributed by atoms with E-state index in [1.807, 2.05) is 18.7 Å². The predicted octanol–water partition coefficient (Wildman–Crippen LogP) is 2.45. The van der Waals surface area contributed by atoms with E-state index in [4.69, 9.17) is 5.73 Å². The lowest BCUT2D eigenvalue weighted by Crippen LogP contribution is -2.39. The fraction of sp³-hybridized carbons (Fsp3) is 0.667. The van der Waals surface area contributed by atoms with Gasteiger partial charge in [0.2, 0.25) is 0 Å². The first-order chi connectivity index (χ1) is 8.93. The van der Waals surface area contributed by atoms with Gasteiger partial charge in [-0.05, 0) is 25.0 Å². The Morgan fingerprint density at radius 2 is 1.84 bits per heavy atom. The van der Waals surface area contributed by atoms with Crippen LogP contribution < -0.4 is 10.6 Å². The summed E-state index contributed by atoms with van der Waals surface area (Å²) in [5, 5.41) is 6.93. The van der Waals surface area contributed by atoms with Gasteiger partial charge in [-0.25, -0.2) is 0 Å². The Labute approximate surface area is 110 Å². The zero-order valence-corrected chi connectivity index (χ0v) is 11.1. The molecule has 19 heavy (non-hydrogen) atoms. The summed E-state index contributed by atoms with van der Waals surface area (Å²) in [6, 6.07) is 2.51. The minimum absolute atomic E-state index is 0.203. The van der Waals surface area contributed by atoms with Crippen molar-refractivity contribution in [1.29, 1.82) is 0 Å². The molecule has 1 rings (SSSR count).